The number of nitrogens with one attached hydrogen (secondary N) is 2. The Morgan fingerprint density at radius 1 is 0.939 bits per heavy atom. The van der Waals surface area contributed by atoms with Crippen molar-refractivity contribution in [3.8, 4) is 11.5 Å². The van der Waals surface area contributed by atoms with E-state index in [2.05, 4.69) is 10.0 Å². The van der Waals surface area contributed by atoms with Crippen LogP contribution >= 0.6 is 11.6 Å². The van der Waals surface area contributed by atoms with Crippen LogP contribution in [0.5, 0.6) is 11.5 Å². The number of methoxy groups -OCH3 is 2. The van der Waals surface area contributed by atoms with Crippen LogP contribution in [0, 0.1) is 0 Å². The number of rotatable bonds is 8. The molecule has 0 fully saturated rings. The van der Waals surface area contributed by atoms with Crippen LogP contribution in [0.3, 0.4) is 0 Å². The number of benzene rings is 3. The molecule has 0 aliphatic heterocycles. The highest BCUT2D eigenvalue weighted by Gasteiger charge is 2.22. The van der Waals surface area contributed by atoms with Gasteiger partial charge in [-0.25, -0.2) is 13.2 Å². The maximum absolute atomic E-state index is 12.9. The third-order valence-corrected chi connectivity index (χ3v) is 6.08. The van der Waals surface area contributed by atoms with Gasteiger partial charge in [0.05, 0.1) is 30.4 Å². The summed E-state index contributed by atoms with van der Waals surface area (Å²) >= 11 is 5.91. The van der Waals surface area contributed by atoms with Crippen molar-refractivity contribution in [2.45, 2.75) is 4.90 Å². The van der Waals surface area contributed by atoms with Crippen molar-refractivity contribution in [2.24, 2.45) is 0 Å². The van der Waals surface area contributed by atoms with Crippen molar-refractivity contribution < 1.29 is 32.6 Å². The minimum atomic E-state index is -4.06. The molecule has 172 valence electrons. The molecule has 33 heavy (non-hydrogen) atoms. The minimum Gasteiger partial charge on any atom is -0.493 e. The van der Waals surface area contributed by atoms with Gasteiger partial charge in [-0.1, -0.05) is 17.7 Å². The minimum absolute atomic E-state index is 0.0248. The van der Waals surface area contributed by atoms with Crippen LogP contribution in [0.15, 0.2) is 65.6 Å². The molecule has 0 saturated heterocycles. The lowest BCUT2D eigenvalue weighted by Crippen LogP contribution is -2.16. The Hall–Kier alpha value is -3.76. The molecule has 0 atom stereocenters. The first-order valence-electron chi connectivity index (χ1n) is 9.33. The number of carbonyl (C=O) groups excluding carboxylic acids is 1. The number of sulfonamides is 1. The zero-order valence-corrected chi connectivity index (χ0v) is 19.0. The molecule has 0 radical (unpaired) electrons. The van der Waals surface area contributed by atoms with E-state index in [1.165, 1.54) is 74.9 Å². The first-order valence-corrected chi connectivity index (χ1v) is 11.2. The summed E-state index contributed by atoms with van der Waals surface area (Å²) in [5.41, 5.74) is 0.458. The quantitative estimate of drug-likeness (QED) is 0.433. The van der Waals surface area contributed by atoms with Crippen molar-refractivity contribution in [1.29, 1.82) is 0 Å². The fourth-order valence-electron chi connectivity index (χ4n) is 2.91. The summed E-state index contributed by atoms with van der Waals surface area (Å²) in [4.78, 5) is 23.7. The van der Waals surface area contributed by atoms with Gasteiger partial charge < -0.3 is 19.9 Å². The molecule has 9 nitrogen and oxygen atoms in total. The molecule has 3 rings (SSSR count). The molecule has 0 heterocycles. The normalized spacial score (nSPS) is 10.9. The number of halogens is 1. The predicted molar refractivity (Wildman–Crippen MR) is 123 cm³/mol. The van der Waals surface area contributed by atoms with E-state index in [0.717, 1.165) is 0 Å². The Balaban J connectivity index is 1.96. The zero-order chi connectivity index (χ0) is 24.2. The van der Waals surface area contributed by atoms with Gasteiger partial charge in [0.2, 0.25) is 0 Å². The van der Waals surface area contributed by atoms with Crippen molar-refractivity contribution >= 4 is 44.9 Å². The SMILES string of the molecule is COc1cc(C(=O)Nc2ccc(C(=O)O)cc2)cc(NS(=O)(=O)c2cccc(Cl)c2)c1OC. The van der Waals surface area contributed by atoms with E-state index in [1.807, 2.05) is 0 Å². The van der Waals surface area contributed by atoms with Gasteiger partial charge in [0.25, 0.3) is 15.9 Å². The summed E-state index contributed by atoms with van der Waals surface area (Å²) in [5, 5.41) is 11.8. The number of carbonyl (C=O) groups is 2. The fourth-order valence-corrected chi connectivity index (χ4v) is 4.26. The lowest BCUT2D eigenvalue weighted by atomic mass is 10.1. The molecule has 0 aromatic heterocycles. The van der Waals surface area contributed by atoms with Gasteiger partial charge >= 0.3 is 5.97 Å². The Bertz CT molecular complexity index is 1310. The van der Waals surface area contributed by atoms with E-state index in [1.54, 1.807) is 0 Å². The molecule has 3 aromatic rings. The second kappa shape index (κ2) is 9.80. The molecular formula is C22H19ClN2O7S. The average Bonchev–Trinajstić information content (AvgIpc) is 2.78. The average molecular weight is 491 g/mol. The highest BCUT2D eigenvalue weighted by Crippen LogP contribution is 2.38. The first kappa shape index (κ1) is 23.9. The molecule has 0 saturated carbocycles. The summed E-state index contributed by atoms with van der Waals surface area (Å²) in [6, 6.07) is 13.9. The molecule has 0 aliphatic rings. The number of amides is 1. The van der Waals surface area contributed by atoms with E-state index >= 15 is 0 Å². The highest BCUT2D eigenvalue weighted by molar-refractivity contribution is 7.92. The van der Waals surface area contributed by atoms with E-state index in [-0.39, 0.29) is 38.2 Å². The van der Waals surface area contributed by atoms with Gasteiger partial charge in [-0.05, 0) is 54.6 Å². The second-order valence-corrected chi connectivity index (χ2v) is 8.78. The van der Waals surface area contributed by atoms with Crippen molar-refractivity contribution in [3.63, 3.8) is 0 Å². The number of anilines is 2. The van der Waals surface area contributed by atoms with E-state index < -0.39 is 21.9 Å². The van der Waals surface area contributed by atoms with Crippen LogP contribution in [-0.4, -0.2) is 39.6 Å². The Morgan fingerprint density at radius 3 is 2.21 bits per heavy atom. The molecular weight excluding hydrogens is 472 g/mol. The summed E-state index contributed by atoms with van der Waals surface area (Å²) in [6.07, 6.45) is 0. The summed E-state index contributed by atoms with van der Waals surface area (Å²) in [5.74, 6) is -1.48. The maximum atomic E-state index is 12.9. The summed E-state index contributed by atoms with van der Waals surface area (Å²) in [6.45, 7) is 0. The van der Waals surface area contributed by atoms with Crippen LogP contribution in [-0.2, 0) is 10.0 Å². The zero-order valence-electron chi connectivity index (χ0n) is 17.5. The van der Waals surface area contributed by atoms with Gasteiger partial charge in [0, 0.05) is 16.3 Å². The van der Waals surface area contributed by atoms with Crippen LogP contribution in [0.4, 0.5) is 11.4 Å². The molecule has 0 bridgehead atoms. The number of carboxylic acids is 1. The van der Waals surface area contributed by atoms with E-state index in [4.69, 9.17) is 26.2 Å². The molecule has 11 heteroatoms. The van der Waals surface area contributed by atoms with Crippen molar-refractivity contribution in [1.82, 2.24) is 0 Å². The van der Waals surface area contributed by atoms with Crippen LogP contribution in [0.1, 0.15) is 20.7 Å². The summed E-state index contributed by atoms with van der Waals surface area (Å²) in [7, 11) is -1.39. The van der Waals surface area contributed by atoms with Crippen LogP contribution in [0.25, 0.3) is 0 Å². The molecule has 1 amide bonds. The first-order chi connectivity index (χ1) is 15.6. The molecule has 0 aliphatic carbocycles. The van der Waals surface area contributed by atoms with Gasteiger partial charge in [-0.15, -0.1) is 0 Å². The molecule has 3 aromatic carbocycles. The van der Waals surface area contributed by atoms with Crippen LogP contribution < -0.4 is 19.5 Å². The van der Waals surface area contributed by atoms with E-state index in [0.29, 0.717) is 5.69 Å². The third kappa shape index (κ3) is 5.54. The van der Waals surface area contributed by atoms with Crippen molar-refractivity contribution in [3.05, 3.63) is 76.8 Å². The lowest BCUT2D eigenvalue weighted by Gasteiger charge is -2.17. The Morgan fingerprint density at radius 2 is 1.64 bits per heavy atom. The molecule has 0 unspecified atom stereocenters. The topological polar surface area (TPSA) is 131 Å². The van der Waals surface area contributed by atoms with Gasteiger partial charge in [-0.3, -0.25) is 9.52 Å². The third-order valence-electron chi connectivity index (χ3n) is 4.48. The number of carboxylic acid groups (broad SMARTS) is 1. The molecule has 3 N–H and O–H groups in total. The lowest BCUT2D eigenvalue weighted by molar-refractivity contribution is 0.0696. The number of aromatic carboxylic acids is 1. The van der Waals surface area contributed by atoms with Crippen LogP contribution in [0.2, 0.25) is 5.02 Å². The largest absolute Gasteiger partial charge is 0.493 e. The molecule has 0 spiro atoms. The number of ether oxygens (including phenoxy) is 2. The number of hydrogen-bond acceptors (Lipinski definition) is 6. The van der Waals surface area contributed by atoms with Crippen molar-refractivity contribution in [2.75, 3.05) is 24.3 Å². The van der Waals surface area contributed by atoms with E-state index in [9.17, 15) is 18.0 Å². The summed E-state index contributed by atoms with van der Waals surface area (Å²) < 4.78 is 38.7. The monoisotopic (exact) mass is 490 g/mol. The Kier molecular flexibility index (Phi) is 7.10. The van der Waals surface area contributed by atoms with Gasteiger partial charge in [0.15, 0.2) is 11.5 Å². The van der Waals surface area contributed by atoms with Gasteiger partial charge in [-0.2, -0.15) is 0 Å². The highest BCUT2D eigenvalue weighted by atomic mass is 35.5. The Labute approximate surface area is 195 Å². The fraction of sp³-hybridized carbons (Fsp3) is 0.0909. The smallest absolute Gasteiger partial charge is 0.335 e. The van der Waals surface area contributed by atoms with Gasteiger partial charge in [0.1, 0.15) is 0 Å². The second-order valence-electron chi connectivity index (χ2n) is 6.66. The number of hydrogen-bond donors (Lipinski definition) is 3. The maximum Gasteiger partial charge on any atom is 0.335 e. The predicted octanol–water partition coefficient (Wildman–Crippen LogP) is 4.11. The standard InChI is InChI=1S/C22H19ClN2O7S/c1-31-19-11-14(21(26)24-16-8-6-13(7-9-16)22(27)28)10-18(20(19)32-2)25-33(29,30)17-5-3-4-15(23)12-17/h3-12,25H,1-2H3,(H,24,26)(H,27,28).